The lowest BCUT2D eigenvalue weighted by atomic mass is 10.1. The number of alkyl halides is 1. The van der Waals surface area contributed by atoms with E-state index in [1.165, 1.54) is 5.56 Å². The number of pyridine rings is 1. The molecule has 0 saturated heterocycles. The molecule has 20 heavy (non-hydrogen) atoms. The van der Waals surface area contributed by atoms with Gasteiger partial charge in [0.05, 0.1) is 23.5 Å². The molecule has 0 N–H and O–H groups in total. The smallest absolute Gasteiger partial charge is 0.125 e. The molecule has 0 atom stereocenters. The van der Waals surface area contributed by atoms with E-state index in [0.717, 1.165) is 22.4 Å². The van der Waals surface area contributed by atoms with Crippen LogP contribution in [0.2, 0.25) is 5.02 Å². The Kier molecular flexibility index (Phi) is 3.64. The van der Waals surface area contributed by atoms with E-state index in [2.05, 4.69) is 21.5 Å². The van der Waals surface area contributed by atoms with Crippen LogP contribution in [0.3, 0.4) is 0 Å². The lowest BCUT2D eigenvalue weighted by Crippen LogP contribution is -2.05. The molecule has 1 aromatic carbocycles. The number of imidazole rings is 1. The zero-order valence-corrected chi connectivity index (χ0v) is 12.5. The first-order chi connectivity index (χ1) is 9.69. The second-order valence-electron chi connectivity index (χ2n) is 4.68. The maximum atomic E-state index is 6.09. The third-order valence-electron chi connectivity index (χ3n) is 3.38. The Hall–Kier alpha value is -1.58. The van der Waals surface area contributed by atoms with Crippen LogP contribution in [0.25, 0.3) is 11.0 Å². The topological polar surface area (TPSA) is 30.7 Å². The molecular formula is C15H13Cl2N3. The maximum absolute atomic E-state index is 6.09. The van der Waals surface area contributed by atoms with Crippen LogP contribution in [0.4, 0.5) is 0 Å². The fourth-order valence-electron chi connectivity index (χ4n) is 2.26. The summed E-state index contributed by atoms with van der Waals surface area (Å²) in [5, 5.41) is 0.697. The van der Waals surface area contributed by atoms with Gasteiger partial charge in [0.15, 0.2) is 0 Å². The van der Waals surface area contributed by atoms with Crippen LogP contribution in [0.5, 0.6) is 0 Å². The van der Waals surface area contributed by atoms with Gasteiger partial charge in [-0.25, -0.2) is 4.98 Å². The van der Waals surface area contributed by atoms with Gasteiger partial charge in [0, 0.05) is 17.4 Å². The third kappa shape index (κ3) is 2.39. The second kappa shape index (κ2) is 5.43. The van der Waals surface area contributed by atoms with Crippen molar-refractivity contribution < 1.29 is 0 Å². The van der Waals surface area contributed by atoms with E-state index in [1.54, 1.807) is 6.20 Å². The van der Waals surface area contributed by atoms with Crippen molar-refractivity contribution in [2.75, 3.05) is 0 Å². The number of fused-ring (bicyclic) bond motifs is 1. The number of benzene rings is 1. The summed E-state index contributed by atoms with van der Waals surface area (Å²) in [6.07, 6.45) is 3.67. The Bertz CT molecular complexity index is 765. The van der Waals surface area contributed by atoms with Crippen molar-refractivity contribution in [2.45, 2.75) is 19.3 Å². The predicted molar refractivity (Wildman–Crippen MR) is 82.4 cm³/mol. The van der Waals surface area contributed by atoms with Gasteiger partial charge in [-0.15, -0.1) is 11.6 Å². The molecule has 0 fully saturated rings. The summed E-state index contributed by atoms with van der Waals surface area (Å²) in [5.74, 6) is 1.21. The first-order valence-electron chi connectivity index (χ1n) is 6.29. The zero-order chi connectivity index (χ0) is 14.1. The minimum absolute atomic E-state index is 0.367. The molecule has 0 aliphatic heterocycles. The van der Waals surface area contributed by atoms with Crippen LogP contribution in [0.15, 0.2) is 36.7 Å². The number of hydrogen-bond acceptors (Lipinski definition) is 2. The molecule has 0 bridgehead atoms. The second-order valence-corrected chi connectivity index (χ2v) is 5.39. The highest BCUT2D eigenvalue weighted by Crippen LogP contribution is 2.23. The van der Waals surface area contributed by atoms with Crippen molar-refractivity contribution in [1.29, 1.82) is 0 Å². The summed E-state index contributed by atoms with van der Waals surface area (Å²) >= 11 is 12.1. The van der Waals surface area contributed by atoms with E-state index in [1.807, 2.05) is 30.5 Å². The van der Waals surface area contributed by atoms with Gasteiger partial charge in [0.25, 0.3) is 0 Å². The molecular weight excluding hydrogens is 293 g/mol. The highest BCUT2D eigenvalue weighted by molar-refractivity contribution is 6.31. The van der Waals surface area contributed by atoms with E-state index in [0.29, 0.717) is 17.4 Å². The predicted octanol–water partition coefficient (Wildman–Crippen LogP) is 4.18. The summed E-state index contributed by atoms with van der Waals surface area (Å²) in [7, 11) is 0. The standard InChI is InChI=1S/C15H13Cl2N3/c1-10-4-5-18-8-11(10)9-20-14-6-12(17)2-3-13(14)19-15(20)7-16/h2-6,8H,7,9H2,1H3. The molecule has 2 heterocycles. The molecule has 5 heteroatoms. The highest BCUT2D eigenvalue weighted by atomic mass is 35.5. The van der Waals surface area contributed by atoms with Crippen molar-refractivity contribution in [3.63, 3.8) is 0 Å². The average molecular weight is 306 g/mol. The van der Waals surface area contributed by atoms with Gasteiger partial charge in [-0.2, -0.15) is 0 Å². The Morgan fingerprint density at radius 1 is 1.25 bits per heavy atom. The van der Waals surface area contributed by atoms with E-state index < -0.39 is 0 Å². The molecule has 0 unspecified atom stereocenters. The van der Waals surface area contributed by atoms with Gasteiger partial charge in [-0.3, -0.25) is 4.98 Å². The fourth-order valence-corrected chi connectivity index (χ4v) is 2.63. The van der Waals surface area contributed by atoms with Gasteiger partial charge < -0.3 is 4.57 Å². The number of aromatic nitrogens is 3. The molecule has 3 aromatic rings. The summed E-state index contributed by atoms with van der Waals surface area (Å²) in [5.41, 5.74) is 4.26. The molecule has 0 aliphatic carbocycles. The lowest BCUT2D eigenvalue weighted by molar-refractivity contribution is 0.771. The van der Waals surface area contributed by atoms with Crippen molar-refractivity contribution in [3.8, 4) is 0 Å². The lowest BCUT2D eigenvalue weighted by Gasteiger charge is -2.10. The monoisotopic (exact) mass is 305 g/mol. The van der Waals surface area contributed by atoms with Gasteiger partial charge in [-0.1, -0.05) is 11.6 Å². The SMILES string of the molecule is Cc1ccncc1Cn1c(CCl)nc2ccc(Cl)cc21. The average Bonchev–Trinajstić information content (AvgIpc) is 2.79. The molecule has 2 aromatic heterocycles. The Morgan fingerprint density at radius 3 is 2.85 bits per heavy atom. The van der Waals surface area contributed by atoms with Crippen LogP contribution in [0, 0.1) is 6.92 Å². The Labute approximate surface area is 127 Å². The minimum atomic E-state index is 0.367. The van der Waals surface area contributed by atoms with Crippen molar-refractivity contribution in [3.05, 3.63) is 58.6 Å². The summed E-state index contributed by atoms with van der Waals surface area (Å²) in [6, 6.07) is 7.68. The number of halogens is 2. The van der Waals surface area contributed by atoms with Crippen LogP contribution in [0.1, 0.15) is 17.0 Å². The normalized spacial score (nSPS) is 11.2. The van der Waals surface area contributed by atoms with Crippen LogP contribution < -0.4 is 0 Å². The fraction of sp³-hybridized carbons (Fsp3) is 0.200. The molecule has 102 valence electrons. The molecule has 0 saturated carbocycles. The molecule has 3 nitrogen and oxygen atoms in total. The number of hydrogen-bond donors (Lipinski definition) is 0. The first kappa shape index (κ1) is 13.4. The van der Waals surface area contributed by atoms with E-state index in [-0.39, 0.29) is 0 Å². The zero-order valence-electron chi connectivity index (χ0n) is 11.0. The number of rotatable bonds is 3. The largest absolute Gasteiger partial charge is 0.322 e. The van der Waals surface area contributed by atoms with Crippen molar-refractivity contribution in [1.82, 2.24) is 14.5 Å². The summed E-state index contributed by atoms with van der Waals surface area (Å²) in [4.78, 5) is 8.74. The Morgan fingerprint density at radius 2 is 2.10 bits per heavy atom. The molecule has 0 aliphatic rings. The summed E-state index contributed by atoms with van der Waals surface area (Å²) < 4.78 is 2.10. The molecule has 0 radical (unpaired) electrons. The first-order valence-corrected chi connectivity index (χ1v) is 7.20. The third-order valence-corrected chi connectivity index (χ3v) is 3.86. The maximum Gasteiger partial charge on any atom is 0.125 e. The van der Waals surface area contributed by atoms with Gasteiger partial charge in [0.1, 0.15) is 5.82 Å². The van der Waals surface area contributed by atoms with Crippen LogP contribution in [-0.2, 0) is 12.4 Å². The van der Waals surface area contributed by atoms with Crippen LogP contribution >= 0.6 is 23.2 Å². The summed E-state index contributed by atoms with van der Waals surface area (Å²) in [6.45, 7) is 2.77. The molecule has 0 spiro atoms. The highest BCUT2D eigenvalue weighted by Gasteiger charge is 2.11. The van der Waals surface area contributed by atoms with Gasteiger partial charge in [0.2, 0.25) is 0 Å². The van der Waals surface area contributed by atoms with Gasteiger partial charge >= 0.3 is 0 Å². The van der Waals surface area contributed by atoms with Gasteiger partial charge in [-0.05, 0) is 42.3 Å². The quantitative estimate of drug-likeness (QED) is 0.680. The van der Waals surface area contributed by atoms with E-state index >= 15 is 0 Å². The number of nitrogens with zero attached hydrogens (tertiary/aromatic N) is 3. The van der Waals surface area contributed by atoms with Crippen molar-refractivity contribution >= 4 is 34.2 Å². The number of aryl methyl sites for hydroxylation is 1. The molecule has 3 rings (SSSR count). The minimum Gasteiger partial charge on any atom is -0.322 e. The Balaban J connectivity index is 2.14. The van der Waals surface area contributed by atoms with Crippen molar-refractivity contribution in [2.24, 2.45) is 0 Å². The van der Waals surface area contributed by atoms with E-state index in [4.69, 9.17) is 23.2 Å². The van der Waals surface area contributed by atoms with E-state index in [9.17, 15) is 0 Å². The van der Waals surface area contributed by atoms with Crippen LogP contribution in [-0.4, -0.2) is 14.5 Å². The molecule has 0 amide bonds.